The third kappa shape index (κ3) is 7.86. The van der Waals surface area contributed by atoms with Crippen molar-refractivity contribution in [1.82, 2.24) is 0 Å². The zero-order valence-electron chi connectivity index (χ0n) is 19.8. The highest BCUT2D eigenvalue weighted by atomic mass is 16.6. The lowest BCUT2D eigenvalue weighted by atomic mass is 10.0. The van der Waals surface area contributed by atoms with Crippen LogP contribution in [-0.2, 0) is 14.3 Å². The Morgan fingerprint density at radius 2 is 1.75 bits per heavy atom. The molecule has 0 fully saturated rings. The van der Waals surface area contributed by atoms with E-state index in [2.05, 4.69) is 10.6 Å². The van der Waals surface area contributed by atoms with Crippen molar-refractivity contribution in [1.29, 1.82) is 0 Å². The summed E-state index contributed by atoms with van der Waals surface area (Å²) >= 11 is 0. The van der Waals surface area contributed by atoms with Crippen LogP contribution >= 0.6 is 0 Å². The summed E-state index contributed by atoms with van der Waals surface area (Å²) in [6.45, 7) is -0.0338. The predicted molar refractivity (Wildman–Crippen MR) is 138 cm³/mol. The zero-order valence-corrected chi connectivity index (χ0v) is 19.8. The summed E-state index contributed by atoms with van der Waals surface area (Å²) in [4.78, 5) is 25.2. The fraction of sp³-hybridized carbons (Fsp3) is 0.185. The normalized spacial score (nSPS) is 12.5. The van der Waals surface area contributed by atoms with Gasteiger partial charge in [-0.05, 0) is 48.0 Å². The summed E-state index contributed by atoms with van der Waals surface area (Å²) in [7, 11) is 1.44. The van der Waals surface area contributed by atoms with E-state index in [1.165, 1.54) is 19.3 Å². The molecule has 3 aromatic rings. The summed E-state index contributed by atoms with van der Waals surface area (Å²) in [5.74, 6) is 0.0530. The molecule has 3 aromatic carbocycles. The number of aliphatic hydroxyl groups excluding tert-OH is 1. The van der Waals surface area contributed by atoms with Crippen molar-refractivity contribution in [3.63, 3.8) is 0 Å². The zero-order chi connectivity index (χ0) is 25.8. The van der Waals surface area contributed by atoms with Crippen LogP contribution in [-0.4, -0.2) is 43.5 Å². The fourth-order valence-electron chi connectivity index (χ4n) is 3.32. The Hall–Kier alpha value is -4.34. The number of nitrogens with one attached hydrogen (secondary N) is 2. The number of hydrogen-bond donors (Lipinski definition) is 4. The van der Waals surface area contributed by atoms with E-state index in [0.717, 1.165) is 0 Å². The third-order valence-electron chi connectivity index (χ3n) is 5.03. The molecule has 0 unspecified atom stereocenters. The van der Waals surface area contributed by atoms with E-state index in [1.54, 1.807) is 72.8 Å². The van der Waals surface area contributed by atoms with Crippen LogP contribution in [0.15, 0.2) is 91.0 Å². The quantitative estimate of drug-likeness (QED) is 0.234. The first kappa shape index (κ1) is 26.3. The lowest BCUT2D eigenvalue weighted by Crippen LogP contribution is -2.27. The second-order valence-corrected chi connectivity index (χ2v) is 7.60. The minimum atomic E-state index is -0.928. The van der Waals surface area contributed by atoms with Crippen LogP contribution in [0.25, 0.3) is 0 Å². The van der Waals surface area contributed by atoms with Crippen molar-refractivity contribution in [2.24, 2.45) is 0 Å². The van der Waals surface area contributed by atoms with Gasteiger partial charge in [0.15, 0.2) is 6.10 Å². The predicted octanol–water partition coefficient (Wildman–Crippen LogP) is 4.14. The van der Waals surface area contributed by atoms with Gasteiger partial charge in [0.1, 0.15) is 18.5 Å². The first-order valence-electron chi connectivity index (χ1n) is 11.2. The molecular weight excluding hydrogens is 462 g/mol. The minimum Gasteiger partial charge on any atom is -0.491 e. The molecule has 5 N–H and O–H groups in total. The SMILES string of the molecule is CO[C@H](/C=C/C(=O)Nc1ccccc1N)[C@H](OC(=O)Nc1ccccc1)c1cccc(OCCO)c1. The first-order chi connectivity index (χ1) is 17.5. The summed E-state index contributed by atoms with van der Waals surface area (Å²) in [5.41, 5.74) is 7.92. The number of nitrogens with two attached hydrogens (primary N) is 1. The molecule has 0 radical (unpaired) electrons. The fourth-order valence-corrected chi connectivity index (χ4v) is 3.32. The van der Waals surface area contributed by atoms with Crippen LogP contribution in [0.1, 0.15) is 11.7 Å². The molecule has 188 valence electrons. The molecule has 2 atom stereocenters. The van der Waals surface area contributed by atoms with Gasteiger partial charge in [-0.25, -0.2) is 4.79 Å². The third-order valence-corrected chi connectivity index (χ3v) is 5.03. The average Bonchev–Trinajstić information content (AvgIpc) is 2.89. The monoisotopic (exact) mass is 491 g/mol. The van der Waals surface area contributed by atoms with Crippen LogP contribution in [0.2, 0.25) is 0 Å². The maximum Gasteiger partial charge on any atom is 0.412 e. The van der Waals surface area contributed by atoms with Crippen molar-refractivity contribution in [2.75, 3.05) is 36.7 Å². The van der Waals surface area contributed by atoms with Crippen molar-refractivity contribution < 1.29 is 28.9 Å². The van der Waals surface area contributed by atoms with Gasteiger partial charge in [-0.1, -0.05) is 42.5 Å². The molecule has 0 aliphatic carbocycles. The molecule has 9 heteroatoms. The Balaban J connectivity index is 1.81. The van der Waals surface area contributed by atoms with Crippen molar-refractivity contribution >= 4 is 29.1 Å². The van der Waals surface area contributed by atoms with E-state index >= 15 is 0 Å². The molecule has 0 aromatic heterocycles. The van der Waals surface area contributed by atoms with Crippen molar-refractivity contribution in [2.45, 2.75) is 12.2 Å². The number of para-hydroxylation sites is 3. The van der Waals surface area contributed by atoms with Gasteiger partial charge in [-0.3, -0.25) is 10.1 Å². The molecule has 0 saturated carbocycles. The van der Waals surface area contributed by atoms with Crippen LogP contribution in [0, 0.1) is 0 Å². The summed E-state index contributed by atoms with van der Waals surface area (Å²) < 4.78 is 16.8. The first-order valence-corrected chi connectivity index (χ1v) is 11.2. The van der Waals surface area contributed by atoms with Crippen LogP contribution < -0.4 is 21.1 Å². The van der Waals surface area contributed by atoms with E-state index in [9.17, 15) is 9.59 Å². The highest BCUT2D eigenvalue weighted by molar-refractivity contribution is 6.01. The Morgan fingerprint density at radius 1 is 1.00 bits per heavy atom. The number of rotatable bonds is 11. The van der Waals surface area contributed by atoms with Gasteiger partial charge in [0.05, 0.1) is 18.0 Å². The van der Waals surface area contributed by atoms with E-state index in [1.807, 2.05) is 6.07 Å². The largest absolute Gasteiger partial charge is 0.491 e. The van der Waals surface area contributed by atoms with Crippen LogP contribution in [0.5, 0.6) is 5.75 Å². The average molecular weight is 492 g/mol. The molecule has 36 heavy (non-hydrogen) atoms. The second kappa shape index (κ2) is 13.5. The molecule has 0 aliphatic heterocycles. The van der Waals surface area contributed by atoms with Gasteiger partial charge in [0.2, 0.25) is 5.91 Å². The Morgan fingerprint density at radius 3 is 2.47 bits per heavy atom. The molecule has 9 nitrogen and oxygen atoms in total. The smallest absolute Gasteiger partial charge is 0.412 e. The maximum absolute atomic E-state index is 12.7. The van der Waals surface area contributed by atoms with Gasteiger partial charge < -0.3 is 30.4 Å². The van der Waals surface area contributed by atoms with E-state index in [0.29, 0.717) is 28.4 Å². The summed E-state index contributed by atoms with van der Waals surface area (Å²) in [5, 5.41) is 14.4. The summed E-state index contributed by atoms with van der Waals surface area (Å²) in [6.07, 6.45) is 0.333. The Kier molecular flexibility index (Phi) is 9.87. The minimum absolute atomic E-state index is 0.111. The van der Waals surface area contributed by atoms with Crippen molar-refractivity contribution in [3.05, 3.63) is 96.6 Å². The number of benzene rings is 3. The molecule has 3 rings (SSSR count). The number of hydrogen-bond acceptors (Lipinski definition) is 7. The standard InChI is InChI=1S/C27H29N3O6/c1-34-24(14-15-25(32)30-23-13-6-5-12-22(23)28)26(19-8-7-11-21(18-19)35-17-16-31)36-27(33)29-20-9-3-2-4-10-20/h2-15,18,24,26,31H,16-17,28H2,1H3,(H,29,33)(H,30,32)/b15-14+/t24-,26-/m1/s1. The van der Waals surface area contributed by atoms with Crippen LogP contribution in [0.3, 0.4) is 0 Å². The van der Waals surface area contributed by atoms with Gasteiger partial charge in [0, 0.05) is 18.9 Å². The number of amides is 2. The van der Waals surface area contributed by atoms with Crippen LogP contribution in [0.4, 0.5) is 21.9 Å². The highest BCUT2D eigenvalue weighted by Gasteiger charge is 2.26. The molecule has 0 aliphatic rings. The molecular formula is C27H29N3O6. The van der Waals surface area contributed by atoms with Gasteiger partial charge in [-0.2, -0.15) is 0 Å². The second-order valence-electron chi connectivity index (χ2n) is 7.60. The molecule has 0 bridgehead atoms. The lowest BCUT2D eigenvalue weighted by Gasteiger charge is -2.25. The molecule has 0 spiro atoms. The summed E-state index contributed by atoms with van der Waals surface area (Å²) in [6, 6.07) is 22.6. The maximum atomic E-state index is 12.7. The number of methoxy groups -OCH3 is 1. The number of nitrogen functional groups attached to an aromatic ring is 1. The number of carbonyl (C=O) groups is 2. The Labute approximate surface area is 209 Å². The Bertz CT molecular complexity index is 1170. The number of carbonyl (C=O) groups excluding carboxylic acids is 2. The van der Waals surface area contributed by atoms with E-state index in [4.69, 9.17) is 25.1 Å². The molecule has 0 saturated heterocycles. The number of anilines is 3. The van der Waals surface area contributed by atoms with Gasteiger partial charge in [-0.15, -0.1) is 0 Å². The van der Waals surface area contributed by atoms with Gasteiger partial charge >= 0.3 is 6.09 Å². The number of ether oxygens (including phenoxy) is 3. The van der Waals surface area contributed by atoms with Gasteiger partial charge in [0.25, 0.3) is 0 Å². The molecule has 2 amide bonds. The van der Waals surface area contributed by atoms with Crippen molar-refractivity contribution in [3.8, 4) is 5.75 Å². The van der Waals surface area contributed by atoms with E-state index in [-0.39, 0.29) is 13.2 Å². The molecule has 0 heterocycles. The number of aliphatic hydroxyl groups is 1. The highest BCUT2D eigenvalue weighted by Crippen LogP contribution is 2.28. The van der Waals surface area contributed by atoms with E-state index < -0.39 is 24.2 Å². The lowest BCUT2D eigenvalue weighted by molar-refractivity contribution is -0.112. The topological polar surface area (TPSA) is 132 Å².